The zero-order valence-corrected chi connectivity index (χ0v) is 12.7. The van der Waals surface area contributed by atoms with E-state index in [-0.39, 0.29) is 0 Å². The summed E-state index contributed by atoms with van der Waals surface area (Å²) in [6.45, 7) is 8.08. The smallest absolute Gasteiger partial charge is 0.0595 e. The van der Waals surface area contributed by atoms with Crippen LogP contribution in [-0.2, 0) is 6.54 Å². The molecular weight excluding hydrogens is 279 g/mol. The zero-order valence-electron chi connectivity index (χ0n) is 11.2. The Morgan fingerprint density at radius 2 is 1.95 bits per heavy atom. The van der Waals surface area contributed by atoms with Gasteiger partial charge >= 0.3 is 0 Å². The highest BCUT2D eigenvalue weighted by Crippen LogP contribution is 2.51. The quantitative estimate of drug-likeness (QED) is 0.897. The van der Waals surface area contributed by atoms with Crippen LogP contribution in [0, 0.1) is 17.8 Å². The molecule has 0 amide bonds. The van der Waals surface area contributed by atoms with Gasteiger partial charge in [-0.2, -0.15) is 0 Å². The second kappa shape index (κ2) is 5.61. The Kier molecular flexibility index (Phi) is 4.04. The van der Waals surface area contributed by atoms with E-state index >= 15 is 0 Å². The number of likely N-dealkylation sites (tertiary alicyclic amines) is 1. The Bertz CT molecular complexity index is 451. The van der Waals surface area contributed by atoms with Crippen molar-refractivity contribution in [1.29, 1.82) is 0 Å². The maximum absolute atomic E-state index is 6.01. The molecule has 1 aromatic carbocycles. The predicted molar refractivity (Wildman–Crippen MR) is 80.8 cm³/mol. The first-order valence-electron chi connectivity index (χ1n) is 7.06. The molecule has 0 spiro atoms. The average molecular weight is 299 g/mol. The van der Waals surface area contributed by atoms with Gasteiger partial charge in [-0.15, -0.1) is 0 Å². The average Bonchev–Trinajstić information content (AvgIpc) is 2.86. The topological polar surface area (TPSA) is 15.3 Å². The molecule has 1 saturated heterocycles. The highest BCUT2D eigenvalue weighted by atomic mass is 35.5. The third-order valence-corrected chi connectivity index (χ3v) is 5.33. The zero-order chi connectivity index (χ0) is 13.4. The van der Waals surface area contributed by atoms with Crippen molar-refractivity contribution >= 4 is 23.2 Å². The molecule has 1 aromatic rings. The molecule has 0 aromatic heterocycles. The summed E-state index contributed by atoms with van der Waals surface area (Å²) in [5.74, 6) is 2.79. The van der Waals surface area contributed by atoms with Gasteiger partial charge < -0.3 is 10.2 Å². The molecule has 1 aliphatic carbocycles. The van der Waals surface area contributed by atoms with Crippen molar-refractivity contribution in [2.75, 3.05) is 26.2 Å². The number of piperidine rings is 1. The van der Waals surface area contributed by atoms with E-state index in [2.05, 4.69) is 17.1 Å². The lowest BCUT2D eigenvalue weighted by atomic mass is 10.2. The van der Waals surface area contributed by atoms with Gasteiger partial charge in [0, 0.05) is 19.6 Å². The van der Waals surface area contributed by atoms with Crippen molar-refractivity contribution in [3.8, 4) is 0 Å². The number of hydrogen-bond acceptors (Lipinski definition) is 2. The Labute approximate surface area is 125 Å². The van der Waals surface area contributed by atoms with Crippen molar-refractivity contribution < 1.29 is 0 Å². The summed E-state index contributed by atoms with van der Waals surface area (Å²) in [5.41, 5.74) is 1.20. The number of fused-ring (bicyclic) bond motifs is 1. The highest BCUT2D eigenvalue weighted by molar-refractivity contribution is 6.42. The summed E-state index contributed by atoms with van der Waals surface area (Å²) in [6, 6.07) is 5.85. The maximum Gasteiger partial charge on any atom is 0.0595 e. The van der Waals surface area contributed by atoms with Crippen LogP contribution in [0.5, 0.6) is 0 Å². The third kappa shape index (κ3) is 2.92. The molecule has 0 bridgehead atoms. The normalized spacial score (nSPS) is 29.5. The van der Waals surface area contributed by atoms with Gasteiger partial charge in [0.05, 0.1) is 10.0 Å². The van der Waals surface area contributed by atoms with Crippen LogP contribution < -0.4 is 5.32 Å². The fourth-order valence-electron chi connectivity index (χ4n) is 3.33. The van der Waals surface area contributed by atoms with Gasteiger partial charge in [-0.1, -0.05) is 36.2 Å². The number of nitrogens with one attached hydrogen (secondary N) is 1. The minimum atomic E-state index is 0.627. The molecule has 2 nitrogen and oxygen atoms in total. The van der Waals surface area contributed by atoms with Crippen LogP contribution >= 0.6 is 23.2 Å². The lowest BCUT2D eigenvalue weighted by Gasteiger charge is -2.16. The van der Waals surface area contributed by atoms with Crippen LogP contribution in [0.4, 0.5) is 0 Å². The standard InChI is InChI=1S/C15H20Cl2N2/c1-2-19-8-12-11(13(12)9-19)7-18-6-10-3-4-14(16)15(17)5-10/h3-5,11-13,18H,2,6-9H2,1H3. The Morgan fingerprint density at radius 3 is 2.58 bits per heavy atom. The lowest BCUT2D eigenvalue weighted by Crippen LogP contribution is -2.27. The molecule has 1 N–H and O–H groups in total. The highest BCUT2D eigenvalue weighted by Gasteiger charge is 2.54. The van der Waals surface area contributed by atoms with Crippen molar-refractivity contribution in [1.82, 2.24) is 10.2 Å². The van der Waals surface area contributed by atoms with E-state index in [1.807, 2.05) is 18.2 Å². The summed E-state index contributed by atoms with van der Waals surface area (Å²) in [6.07, 6.45) is 0. The van der Waals surface area contributed by atoms with E-state index in [1.165, 1.54) is 25.2 Å². The fraction of sp³-hybridized carbons (Fsp3) is 0.600. The Morgan fingerprint density at radius 1 is 1.21 bits per heavy atom. The lowest BCUT2D eigenvalue weighted by molar-refractivity contribution is 0.297. The van der Waals surface area contributed by atoms with Gasteiger partial charge in [0.2, 0.25) is 0 Å². The molecule has 3 rings (SSSR count). The fourth-order valence-corrected chi connectivity index (χ4v) is 3.65. The second-order valence-electron chi connectivity index (χ2n) is 5.72. The SMILES string of the molecule is CCN1CC2C(CNCc3ccc(Cl)c(Cl)c3)C2C1. The molecule has 2 aliphatic rings. The number of benzene rings is 1. The van der Waals surface area contributed by atoms with Crippen molar-refractivity contribution in [3.05, 3.63) is 33.8 Å². The second-order valence-corrected chi connectivity index (χ2v) is 6.54. The summed E-state index contributed by atoms with van der Waals surface area (Å²) in [7, 11) is 0. The maximum atomic E-state index is 6.01. The molecule has 2 unspecified atom stereocenters. The van der Waals surface area contributed by atoms with Gasteiger partial charge in [-0.05, 0) is 48.5 Å². The van der Waals surface area contributed by atoms with E-state index in [0.717, 1.165) is 30.8 Å². The third-order valence-electron chi connectivity index (χ3n) is 4.59. The minimum absolute atomic E-state index is 0.627. The van der Waals surface area contributed by atoms with Gasteiger partial charge in [-0.25, -0.2) is 0 Å². The van der Waals surface area contributed by atoms with Crippen LogP contribution in [0.25, 0.3) is 0 Å². The van der Waals surface area contributed by atoms with E-state index in [1.54, 1.807) is 0 Å². The molecule has 1 aliphatic heterocycles. The minimum Gasteiger partial charge on any atom is -0.312 e. The van der Waals surface area contributed by atoms with Crippen molar-refractivity contribution in [2.45, 2.75) is 13.5 Å². The van der Waals surface area contributed by atoms with Crippen molar-refractivity contribution in [3.63, 3.8) is 0 Å². The van der Waals surface area contributed by atoms with Crippen LogP contribution in [0.3, 0.4) is 0 Å². The monoisotopic (exact) mass is 298 g/mol. The Hall–Kier alpha value is -0.280. The Balaban J connectivity index is 1.42. The van der Waals surface area contributed by atoms with Crippen LogP contribution in [0.1, 0.15) is 12.5 Å². The predicted octanol–water partition coefficient (Wildman–Crippen LogP) is 3.28. The van der Waals surface area contributed by atoms with Gasteiger partial charge in [0.15, 0.2) is 0 Å². The van der Waals surface area contributed by atoms with Crippen LogP contribution in [0.15, 0.2) is 18.2 Å². The number of halogens is 2. The molecule has 4 heteroatoms. The molecule has 1 heterocycles. The van der Waals surface area contributed by atoms with Crippen molar-refractivity contribution in [2.24, 2.45) is 17.8 Å². The number of nitrogens with zero attached hydrogens (tertiary/aromatic N) is 1. The molecule has 2 fully saturated rings. The van der Waals surface area contributed by atoms with Gasteiger partial charge in [0.1, 0.15) is 0 Å². The molecule has 1 saturated carbocycles. The van der Waals surface area contributed by atoms with E-state index in [9.17, 15) is 0 Å². The molecule has 2 atom stereocenters. The largest absolute Gasteiger partial charge is 0.312 e. The molecule has 19 heavy (non-hydrogen) atoms. The molecule has 0 radical (unpaired) electrons. The van der Waals surface area contributed by atoms with E-state index in [0.29, 0.717) is 10.0 Å². The molecule has 104 valence electrons. The molecular formula is C15H20Cl2N2. The summed E-state index contributed by atoms with van der Waals surface area (Å²) < 4.78 is 0. The first kappa shape index (κ1) is 13.7. The van der Waals surface area contributed by atoms with E-state index < -0.39 is 0 Å². The van der Waals surface area contributed by atoms with Crippen LogP contribution in [0.2, 0.25) is 10.0 Å². The van der Waals surface area contributed by atoms with Gasteiger partial charge in [-0.3, -0.25) is 0 Å². The summed E-state index contributed by atoms with van der Waals surface area (Å²) in [4.78, 5) is 2.56. The first-order chi connectivity index (χ1) is 9.19. The number of rotatable bonds is 5. The van der Waals surface area contributed by atoms with Gasteiger partial charge in [0.25, 0.3) is 0 Å². The van der Waals surface area contributed by atoms with E-state index in [4.69, 9.17) is 23.2 Å². The number of hydrogen-bond donors (Lipinski definition) is 1. The summed E-state index contributed by atoms with van der Waals surface area (Å²) >= 11 is 11.9. The summed E-state index contributed by atoms with van der Waals surface area (Å²) in [5, 5.41) is 4.82. The first-order valence-corrected chi connectivity index (χ1v) is 7.81. The van der Waals surface area contributed by atoms with Crippen LogP contribution in [-0.4, -0.2) is 31.1 Å².